The number of rotatable bonds is 3. The van der Waals surface area contributed by atoms with Crippen LogP contribution >= 0.6 is 0 Å². The minimum Gasteiger partial charge on any atom is -0.371 e. The second kappa shape index (κ2) is 6.55. The molecule has 1 atom stereocenters. The van der Waals surface area contributed by atoms with Gasteiger partial charge in [-0.25, -0.2) is 4.98 Å². The van der Waals surface area contributed by atoms with Crippen LogP contribution in [0.25, 0.3) is 0 Å². The molecule has 0 aliphatic carbocycles. The number of nitrogens with one attached hydrogen (secondary N) is 2. The zero-order valence-electron chi connectivity index (χ0n) is 12.2. The molecule has 0 bridgehead atoms. The Balaban J connectivity index is 1.71. The first kappa shape index (κ1) is 15.8. The Hall–Kier alpha value is -2.12. The molecule has 2 aromatic rings. The molecule has 1 aromatic carbocycles. The fraction of sp³-hybridized carbons (Fsp3) is 0.312. The summed E-state index contributed by atoms with van der Waals surface area (Å²) in [4.78, 5) is 3.91. The topological polar surface area (TPSA) is 46.2 Å². The predicted molar refractivity (Wildman–Crippen MR) is 80.5 cm³/mol. The summed E-state index contributed by atoms with van der Waals surface area (Å²) >= 11 is 0. The Bertz CT molecular complexity index is 652. The molecule has 1 unspecified atom stereocenters. The standard InChI is InChI=1S/C16H16F3N3O/c17-16(18,19)12-5-6-21-15(9-12)22-13-3-1-11(2-4-13)14-10-20-7-8-23-14/h1-6,9,14,20H,7-8,10H2,(H,21,22). The molecule has 7 heteroatoms. The predicted octanol–water partition coefficient (Wildman–Crippen LogP) is 3.50. The minimum atomic E-state index is -4.38. The van der Waals surface area contributed by atoms with Crippen molar-refractivity contribution < 1.29 is 17.9 Å². The number of halogens is 3. The van der Waals surface area contributed by atoms with Crippen LogP contribution in [0, 0.1) is 0 Å². The highest BCUT2D eigenvalue weighted by atomic mass is 19.4. The third-order valence-corrected chi connectivity index (χ3v) is 3.57. The monoisotopic (exact) mass is 323 g/mol. The summed E-state index contributed by atoms with van der Waals surface area (Å²) < 4.78 is 43.7. The molecule has 1 saturated heterocycles. The van der Waals surface area contributed by atoms with Crippen LogP contribution in [0.15, 0.2) is 42.6 Å². The molecule has 2 N–H and O–H groups in total. The zero-order valence-corrected chi connectivity index (χ0v) is 12.2. The fourth-order valence-electron chi connectivity index (χ4n) is 2.38. The van der Waals surface area contributed by atoms with Gasteiger partial charge in [0.1, 0.15) is 5.82 Å². The van der Waals surface area contributed by atoms with Crippen molar-refractivity contribution in [3.63, 3.8) is 0 Å². The normalized spacial score (nSPS) is 18.7. The second-order valence-electron chi connectivity index (χ2n) is 5.24. The van der Waals surface area contributed by atoms with E-state index in [-0.39, 0.29) is 11.9 Å². The van der Waals surface area contributed by atoms with Gasteiger partial charge in [-0.15, -0.1) is 0 Å². The van der Waals surface area contributed by atoms with Gasteiger partial charge in [0.25, 0.3) is 0 Å². The first-order valence-corrected chi connectivity index (χ1v) is 7.25. The van der Waals surface area contributed by atoms with Crippen LogP contribution in [-0.2, 0) is 10.9 Å². The Morgan fingerprint density at radius 3 is 2.61 bits per heavy atom. The van der Waals surface area contributed by atoms with Crippen molar-refractivity contribution in [2.24, 2.45) is 0 Å². The van der Waals surface area contributed by atoms with Gasteiger partial charge in [0.05, 0.1) is 18.3 Å². The summed E-state index contributed by atoms with van der Waals surface area (Å²) in [7, 11) is 0. The van der Waals surface area contributed by atoms with Crippen molar-refractivity contribution in [2.45, 2.75) is 12.3 Å². The summed E-state index contributed by atoms with van der Waals surface area (Å²) in [5.74, 6) is 0.156. The SMILES string of the molecule is FC(F)(F)c1ccnc(Nc2ccc(C3CNCCO3)cc2)c1. The quantitative estimate of drug-likeness (QED) is 0.907. The van der Waals surface area contributed by atoms with E-state index in [4.69, 9.17) is 4.74 Å². The number of ether oxygens (including phenoxy) is 1. The van der Waals surface area contributed by atoms with E-state index in [1.807, 2.05) is 12.1 Å². The maximum Gasteiger partial charge on any atom is 0.416 e. The van der Waals surface area contributed by atoms with Gasteiger partial charge in [-0.3, -0.25) is 0 Å². The van der Waals surface area contributed by atoms with Gasteiger partial charge in [-0.2, -0.15) is 13.2 Å². The molecule has 4 nitrogen and oxygen atoms in total. The first-order chi connectivity index (χ1) is 11.0. The first-order valence-electron chi connectivity index (χ1n) is 7.25. The number of hydrogen-bond donors (Lipinski definition) is 2. The molecule has 1 aromatic heterocycles. The molecule has 1 aliphatic heterocycles. The van der Waals surface area contributed by atoms with Gasteiger partial charge < -0.3 is 15.4 Å². The fourth-order valence-corrected chi connectivity index (χ4v) is 2.38. The van der Waals surface area contributed by atoms with E-state index < -0.39 is 11.7 Å². The van der Waals surface area contributed by atoms with Crippen LogP contribution in [-0.4, -0.2) is 24.7 Å². The third-order valence-electron chi connectivity index (χ3n) is 3.57. The van der Waals surface area contributed by atoms with Gasteiger partial charge >= 0.3 is 6.18 Å². The lowest BCUT2D eigenvalue weighted by Gasteiger charge is -2.24. The molecule has 1 fully saturated rings. The number of morpholine rings is 1. The minimum absolute atomic E-state index is 0.00415. The van der Waals surface area contributed by atoms with E-state index in [0.717, 1.165) is 37.0 Å². The number of aromatic nitrogens is 1. The van der Waals surface area contributed by atoms with E-state index in [1.165, 1.54) is 0 Å². The van der Waals surface area contributed by atoms with Crippen LogP contribution in [0.3, 0.4) is 0 Å². The molecule has 3 rings (SSSR count). The van der Waals surface area contributed by atoms with Crippen LogP contribution < -0.4 is 10.6 Å². The Kier molecular flexibility index (Phi) is 4.49. The lowest BCUT2D eigenvalue weighted by Crippen LogP contribution is -2.33. The van der Waals surface area contributed by atoms with Gasteiger partial charge in [0.15, 0.2) is 0 Å². The zero-order chi connectivity index (χ0) is 16.3. The number of alkyl halides is 3. The maximum atomic E-state index is 12.7. The van der Waals surface area contributed by atoms with Crippen LogP contribution in [0.2, 0.25) is 0 Å². The van der Waals surface area contributed by atoms with Crippen molar-refractivity contribution in [2.75, 3.05) is 25.0 Å². The van der Waals surface area contributed by atoms with Crippen LogP contribution in [0.1, 0.15) is 17.2 Å². The number of hydrogen-bond acceptors (Lipinski definition) is 4. The molecule has 2 heterocycles. The number of anilines is 2. The van der Waals surface area contributed by atoms with Gasteiger partial charge in [-0.1, -0.05) is 12.1 Å². The number of nitrogens with zero attached hydrogens (tertiary/aromatic N) is 1. The summed E-state index contributed by atoms with van der Waals surface area (Å²) in [5.41, 5.74) is 0.970. The smallest absolute Gasteiger partial charge is 0.371 e. The number of benzene rings is 1. The van der Waals surface area contributed by atoms with Crippen molar-refractivity contribution in [1.82, 2.24) is 10.3 Å². The lowest BCUT2D eigenvalue weighted by molar-refractivity contribution is -0.137. The second-order valence-corrected chi connectivity index (χ2v) is 5.24. The molecule has 0 radical (unpaired) electrons. The Morgan fingerprint density at radius 2 is 1.96 bits per heavy atom. The molecule has 0 saturated carbocycles. The van der Waals surface area contributed by atoms with Gasteiger partial charge in [0, 0.05) is 25.0 Å². The van der Waals surface area contributed by atoms with E-state index in [1.54, 1.807) is 12.1 Å². The molecular weight excluding hydrogens is 307 g/mol. The highest BCUT2D eigenvalue weighted by Crippen LogP contribution is 2.30. The van der Waals surface area contributed by atoms with Crippen molar-refractivity contribution in [3.05, 3.63) is 53.7 Å². The maximum absolute atomic E-state index is 12.7. The Morgan fingerprint density at radius 1 is 1.17 bits per heavy atom. The average Bonchev–Trinajstić information content (AvgIpc) is 2.56. The summed E-state index contributed by atoms with van der Waals surface area (Å²) in [6.45, 7) is 2.26. The van der Waals surface area contributed by atoms with E-state index in [2.05, 4.69) is 15.6 Å². The number of pyridine rings is 1. The largest absolute Gasteiger partial charge is 0.416 e. The Labute approximate surface area is 131 Å². The summed E-state index contributed by atoms with van der Waals surface area (Å²) in [5, 5.41) is 6.13. The molecule has 122 valence electrons. The van der Waals surface area contributed by atoms with E-state index in [9.17, 15) is 13.2 Å². The van der Waals surface area contributed by atoms with Crippen molar-refractivity contribution in [3.8, 4) is 0 Å². The molecular formula is C16H16F3N3O. The van der Waals surface area contributed by atoms with Crippen molar-refractivity contribution >= 4 is 11.5 Å². The molecule has 0 spiro atoms. The molecule has 0 amide bonds. The van der Waals surface area contributed by atoms with Gasteiger partial charge in [-0.05, 0) is 29.8 Å². The lowest BCUT2D eigenvalue weighted by atomic mass is 10.1. The third kappa shape index (κ3) is 4.00. The highest BCUT2D eigenvalue weighted by molar-refractivity contribution is 5.57. The summed E-state index contributed by atoms with van der Waals surface area (Å²) in [6, 6.07) is 9.33. The van der Waals surface area contributed by atoms with Crippen LogP contribution in [0.4, 0.5) is 24.7 Å². The van der Waals surface area contributed by atoms with Gasteiger partial charge in [0.2, 0.25) is 0 Å². The van der Waals surface area contributed by atoms with Crippen molar-refractivity contribution in [1.29, 1.82) is 0 Å². The molecule has 23 heavy (non-hydrogen) atoms. The molecule has 1 aliphatic rings. The van der Waals surface area contributed by atoms with E-state index in [0.29, 0.717) is 12.3 Å². The van der Waals surface area contributed by atoms with E-state index >= 15 is 0 Å². The highest BCUT2D eigenvalue weighted by Gasteiger charge is 2.30. The average molecular weight is 323 g/mol. The van der Waals surface area contributed by atoms with Crippen LogP contribution in [0.5, 0.6) is 0 Å². The summed E-state index contributed by atoms with van der Waals surface area (Å²) in [6.07, 6.45) is -3.24.